The summed E-state index contributed by atoms with van der Waals surface area (Å²) in [4.78, 5) is 17.8. The van der Waals surface area contributed by atoms with E-state index >= 15 is 0 Å². The van der Waals surface area contributed by atoms with Crippen molar-refractivity contribution in [3.05, 3.63) is 71.2 Å². The molecule has 0 aliphatic carbocycles. The standard InChI is InChI=1S/C21H23N3OS/c1-21(2,3)16-8-10-17(11-9-16)24-20(25)23-14-15-6-4-12-22-19(15)18-7-5-13-26-18/h4-13H,14H2,1-3H3,(H2,23,24,25). The van der Waals surface area contributed by atoms with Gasteiger partial charge in [-0.2, -0.15) is 0 Å². The summed E-state index contributed by atoms with van der Waals surface area (Å²) in [5.74, 6) is 0. The van der Waals surface area contributed by atoms with Gasteiger partial charge in [0.15, 0.2) is 0 Å². The van der Waals surface area contributed by atoms with Crippen LogP contribution in [-0.2, 0) is 12.0 Å². The molecule has 2 amide bonds. The minimum atomic E-state index is -0.227. The van der Waals surface area contributed by atoms with Gasteiger partial charge in [-0.15, -0.1) is 11.3 Å². The Morgan fingerprint density at radius 3 is 2.50 bits per heavy atom. The first kappa shape index (κ1) is 18.1. The van der Waals surface area contributed by atoms with E-state index in [-0.39, 0.29) is 11.4 Å². The number of hydrogen-bond acceptors (Lipinski definition) is 3. The quantitative estimate of drug-likeness (QED) is 0.648. The van der Waals surface area contributed by atoms with Crippen LogP contribution in [-0.4, -0.2) is 11.0 Å². The Hall–Kier alpha value is -2.66. The first-order valence-electron chi connectivity index (χ1n) is 8.56. The molecule has 3 aromatic rings. The number of hydrogen-bond donors (Lipinski definition) is 2. The third-order valence-electron chi connectivity index (χ3n) is 4.09. The van der Waals surface area contributed by atoms with Crippen LogP contribution in [0.3, 0.4) is 0 Å². The van der Waals surface area contributed by atoms with Gasteiger partial charge in [-0.3, -0.25) is 4.98 Å². The molecule has 0 saturated carbocycles. The summed E-state index contributed by atoms with van der Waals surface area (Å²) >= 11 is 1.64. The Morgan fingerprint density at radius 2 is 1.85 bits per heavy atom. The maximum absolute atomic E-state index is 12.2. The van der Waals surface area contributed by atoms with Crippen LogP contribution in [0.15, 0.2) is 60.1 Å². The molecular formula is C21H23N3OS. The average Bonchev–Trinajstić information content (AvgIpc) is 3.14. The fourth-order valence-electron chi connectivity index (χ4n) is 2.62. The van der Waals surface area contributed by atoms with Crippen molar-refractivity contribution in [2.75, 3.05) is 5.32 Å². The normalized spacial score (nSPS) is 11.2. The van der Waals surface area contributed by atoms with Gasteiger partial charge in [-0.1, -0.05) is 45.0 Å². The minimum absolute atomic E-state index is 0.0965. The van der Waals surface area contributed by atoms with E-state index in [1.165, 1.54) is 5.56 Å². The first-order chi connectivity index (χ1) is 12.4. The predicted molar refractivity (Wildman–Crippen MR) is 109 cm³/mol. The predicted octanol–water partition coefficient (Wildman–Crippen LogP) is 5.43. The van der Waals surface area contributed by atoms with Crippen molar-refractivity contribution in [2.24, 2.45) is 0 Å². The second-order valence-electron chi connectivity index (χ2n) is 7.12. The highest BCUT2D eigenvalue weighted by atomic mass is 32.1. The monoisotopic (exact) mass is 365 g/mol. The molecule has 0 bridgehead atoms. The molecule has 1 aromatic carbocycles. The molecule has 134 valence electrons. The third kappa shape index (κ3) is 4.49. The Balaban J connectivity index is 1.62. The molecule has 0 unspecified atom stereocenters. The molecule has 2 aromatic heterocycles. The molecule has 3 rings (SSSR count). The largest absolute Gasteiger partial charge is 0.334 e. The van der Waals surface area contributed by atoms with Crippen LogP contribution in [0, 0.1) is 0 Å². The second kappa shape index (κ2) is 7.70. The summed E-state index contributed by atoms with van der Waals surface area (Å²) < 4.78 is 0. The van der Waals surface area contributed by atoms with Crippen LogP contribution in [0.5, 0.6) is 0 Å². The lowest BCUT2D eigenvalue weighted by atomic mass is 9.87. The number of carbonyl (C=O) groups is 1. The van der Waals surface area contributed by atoms with E-state index in [1.807, 2.05) is 53.9 Å². The number of benzene rings is 1. The maximum atomic E-state index is 12.2. The van der Waals surface area contributed by atoms with Crippen molar-refractivity contribution in [2.45, 2.75) is 32.7 Å². The smallest absolute Gasteiger partial charge is 0.319 e. The van der Waals surface area contributed by atoms with E-state index in [0.29, 0.717) is 6.54 Å². The van der Waals surface area contributed by atoms with Crippen LogP contribution >= 0.6 is 11.3 Å². The lowest BCUT2D eigenvalue weighted by molar-refractivity contribution is 0.252. The zero-order chi connectivity index (χ0) is 18.6. The highest BCUT2D eigenvalue weighted by Crippen LogP contribution is 2.26. The van der Waals surface area contributed by atoms with Crippen molar-refractivity contribution in [1.82, 2.24) is 10.3 Å². The lowest BCUT2D eigenvalue weighted by Gasteiger charge is -2.19. The molecular weight excluding hydrogens is 342 g/mol. The minimum Gasteiger partial charge on any atom is -0.334 e. The van der Waals surface area contributed by atoms with Gasteiger partial charge in [0.1, 0.15) is 0 Å². The van der Waals surface area contributed by atoms with E-state index < -0.39 is 0 Å². The third-order valence-corrected chi connectivity index (χ3v) is 4.97. The van der Waals surface area contributed by atoms with Crippen molar-refractivity contribution in [3.63, 3.8) is 0 Å². The number of aromatic nitrogens is 1. The number of anilines is 1. The van der Waals surface area contributed by atoms with Gasteiger partial charge in [-0.25, -0.2) is 4.79 Å². The summed E-state index contributed by atoms with van der Waals surface area (Å²) in [6.07, 6.45) is 1.77. The molecule has 0 saturated heterocycles. The summed E-state index contributed by atoms with van der Waals surface area (Å²) in [6, 6.07) is 15.6. The number of pyridine rings is 1. The number of amides is 2. The Bertz CT molecular complexity index is 865. The van der Waals surface area contributed by atoms with Gasteiger partial charge in [0, 0.05) is 18.4 Å². The van der Waals surface area contributed by atoms with Gasteiger partial charge >= 0.3 is 6.03 Å². The highest BCUT2D eigenvalue weighted by Gasteiger charge is 2.13. The van der Waals surface area contributed by atoms with E-state index in [4.69, 9.17) is 0 Å². The van der Waals surface area contributed by atoms with Crippen molar-refractivity contribution in [3.8, 4) is 10.6 Å². The first-order valence-corrected chi connectivity index (χ1v) is 9.44. The molecule has 0 spiro atoms. The molecule has 0 radical (unpaired) electrons. The van der Waals surface area contributed by atoms with Gasteiger partial charge < -0.3 is 10.6 Å². The molecule has 0 atom stereocenters. The molecule has 2 N–H and O–H groups in total. The van der Waals surface area contributed by atoms with Gasteiger partial charge in [-0.05, 0) is 46.2 Å². The number of carbonyl (C=O) groups excluding carboxylic acids is 1. The summed E-state index contributed by atoms with van der Waals surface area (Å²) in [5.41, 5.74) is 4.02. The van der Waals surface area contributed by atoms with Crippen LogP contribution in [0.25, 0.3) is 10.6 Å². The summed E-state index contributed by atoms with van der Waals surface area (Å²) in [6.45, 7) is 6.93. The van der Waals surface area contributed by atoms with Crippen LogP contribution in [0.4, 0.5) is 10.5 Å². The summed E-state index contributed by atoms with van der Waals surface area (Å²) in [5, 5.41) is 7.81. The maximum Gasteiger partial charge on any atom is 0.319 e. The number of urea groups is 1. The number of nitrogens with zero attached hydrogens (tertiary/aromatic N) is 1. The highest BCUT2D eigenvalue weighted by molar-refractivity contribution is 7.13. The summed E-state index contributed by atoms with van der Waals surface area (Å²) in [7, 11) is 0. The Kier molecular flexibility index (Phi) is 5.38. The Labute approximate surface area is 158 Å². The SMILES string of the molecule is CC(C)(C)c1ccc(NC(=O)NCc2cccnc2-c2cccs2)cc1. The topological polar surface area (TPSA) is 54.0 Å². The molecule has 26 heavy (non-hydrogen) atoms. The molecule has 4 nitrogen and oxygen atoms in total. The average molecular weight is 366 g/mol. The van der Waals surface area contributed by atoms with Crippen LogP contribution in [0.2, 0.25) is 0 Å². The van der Waals surface area contributed by atoms with Crippen LogP contribution in [0.1, 0.15) is 31.9 Å². The molecule has 0 aliphatic rings. The zero-order valence-corrected chi connectivity index (χ0v) is 16.1. The van der Waals surface area contributed by atoms with Crippen LogP contribution < -0.4 is 10.6 Å². The fraction of sp³-hybridized carbons (Fsp3) is 0.238. The number of rotatable bonds is 4. The molecule has 2 heterocycles. The fourth-order valence-corrected chi connectivity index (χ4v) is 3.38. The lowest BCUT2D eigenvalue weighted by Crippen LogP contribution is -2.28. The van der Waals surface area contributed by atoms with Crippen molar-refractivity contribution >= 4 is 23.1 Å². The van der Waals surface area contributed by atoms with Gasteiger partial charge in [0.2, 0.25) is 0 Å². The molecule has 0 aliphatic heterocycles. The zero-order valence-electron chi connectivity index (χ0n) is 15.2. The van der Waals surface area contributed by atoms with E-state index in [9.17, 15) is 4.79 Å². The van der Waals surface area contributed by atoms with Crippen molar-refractivity contribution < 1.29 is 4.79 Å². The Morgan fingerprint density at radius 1 is 1.08 bits per heavy atom. The number of nitrogens with one attached hydrogen (secondary N) is 2. The van der Waals surface area contributed by atoms with Crippen molar-refractivity contribution in [1.29, 1.82) is 0 Å². The molecule has 0 fully saturated rings. The van der Waals surface area contributed by atoms with Gasteiger partial charge in [0.05, 0.1) is 10.6 Å². The second-order valence-corrected chi connectivity index (χ2v) is 8.07. The number of thiophene rings is 1. The van der Waals surface area contributed by atoms with E-state index in [0.717, 1.165) is 21.8 Å². The van der Waals surface area contributed by atoms with Gasteiger partial charge in [0.25, 0.3) is 0 Å². The molecule has 5 heteroatoms. The van der Waals surface area contributed by atoms with E-state index in [1.54, 1.807) is 17.5 Å². The van der Waals surface area contributed by atoms with E-state index in [2.05, 4.69) is 36.4 Å².